The maximum atomic E-state index is 5.92. The monoisotopic (exact) mass is 261 g/mol. The minimum absolute atomic E-state index is 0.429. The van der Waals surface area contributed by atoms with E-state index in [1.54, 1.807) is 0 Å². The molecular formula is C17H27NO. The highest BCUT2D eigenvalue weighted by molar-refractivity contribution is 5.36. The van der Waals surface area contributed by atoms with Crippen LogP contribution in [0.25, 0.3) is 0 Å². The topological polar surface area (TPSA) is 21.3 Å². The average molecular weight is 261 g/mol. The van der Waals surface area contributed by atoms with Crippen molar-refractivity contribution in [3.8, 4) is 5.75 Å². The Morgan fingerprint density at radius 3 is 2.74 bits per heavy atom. The van der Waals surface area contributed by atoms with E-state index in [1.165, 1.54) is 24.8 Å². The summed E-state index contributed by atoms with van der Waals surface area (Å²) in [5.74, 6) is 2.67. The lowest BCUT2D eigenvalue weighted by molar-refractivity contribution is 0.300. The average Bonchev–Trinajstić information content (AvgIpc) is 2.85. The second-order valence-corrected chi connectivity index (χ2v) is 5.83. The third-order valence-corrected chi connectivity index (χ3v) is 4.23. The Labute approximate surface area is 117 Å². The first-order valence-electron chi connectivity index (χ1n) is 7.65. The summed E-state index contributed by atoms with van der Waals surface area (Å²) in [4.78, 5) is 0. The van der Waals surface area contributed by atoms with Crippen molar-refractivity contribution in [2.75, 3.05) is 13.7 Å². The highest BCUT2D eigenvalue weighted by Gasteiger charge is 2.30. The molecule has 2 nitrogen and oxygen atoms in total. The molecule has 0 saturated heterocycles. The van der Waals surface area contributed by atoms with Crippen LogP contribution in [-0.4, -0.2) is 13.7 Å². The van der Waals surface area contributed by atoms with Crippen molar-refractivity contribution < 1.29 is 4.74 Å². The quantitative estimate of drug-likeness (QED) is 0.829. The van der Waals surface area contributed by atoms with Gasteiger partial charge in [0.2, 0.25) is 0 Å². The highest BCUT2D eigenvalue weighted by Crippen LogP contribution is 2.41. The van der Waals surface area contributed by atoms with Crippen molar-refractivity contribution in [2.24, 2.45) is 11.8 Å². The van der Waals surface area contributed by atoms with Crippen LogP contribution >= 0.6 is 0 Å². The van der Waals surface area contributed by atoms with Crippen LogP contribution < -0.4 is 10.1 Å². The molecule has 1 N–H and O–H groups in total. The molecule has 3 unspecified atom stereocenters. The SMILES string of the molecule is CCCOc1ccccc1C(NC)C1CCC(C)C1. The van der Waals surface area contributed by atoms with E-state index < -0.39 is 0 Å². The van der Waals surface area contributed by atoms with Crippen molar-refractivity contribution in [1.29, 1.82) is 0 Å². The molecule has 1 saturated carbocycles. The standard InChI is InChI=1S/C17H27NO/c1-4-11-19-16-8-6-5-7-15(16)17(18-3)14-10-9-13(2)12-14/h5-8,13-14,17-18H,4,9-12H2,1-3H3. The molecule has 0 spiro atoms. The minimum atomic E-state index is 0.429. The molecule has 1 fully saturated rings. The van der Waals surface area contributed by atoms with Gasteiger partial charge in [0.25, 0.3) is 0 Å². The fraction of sp³-hybridized carbons (Fsp3) is 0.647. The van der Waals surface area contributed by atoms with E-state index in [1.807, 2.05) is 0 Å². The van der Waals surface area contributed by atoms with E-state index in [2.05, 4.69) is 50.5 Å². The predicted molar refractivity (Wildman–Crippen MR) is 80.5 cm³/mol. The lowest BCUT2D eigenvalue weighted by atomic mass is 9.90. The summed E-state index contributed by atoms with van der Waals surface area (Å²) in [5.41, 5.74) is 1.33. The molecule has 3 atom stereocenters. The van der Waals surface area contributed by atoms with Gasteiger partial charge in [0.1, 0.15) is 5.75 Å². The zero-order valence-electron chi connectivity index (χ0n) is 12.5. The fourth-order valence-electron chi connectivity index (χ4n) is 3.28. The molecule has 19 heavy (non-hydrogen) atoms. The van der Waals surface area contributed by atoms with E-state index in [0.29, 0.717) is 6.04 Å². The second-order valence-electron chi connectivity index (χ2n) is 5.83. The fourth-order valence-corrected chi connectivity index (χ4v) is 3.28. The van der Waals surface area contributed by atoms with Crippen molar-refractivity contribution in [2.45, 2.75) is 45.6 Å². The van der Waals surface area contributed by atoms with Gasteiger partial charge in [-0.25, -0.2) is 0 Å². The number of benzene rings is 1. The third kappa shape index (κ3) is 3.50. The Kier molecular flexibility index (Phi) is 5.26. The van der Waals surface area contributed by atoms with Gasteiger partial charge >= 0.3 is 0 Å². The molecule has 0 aromatic heterocycles. The Morgan fingerprint density at radius 2 is 2.11 bits per heavy atom. The molecule has 2 rings (SSSR count). The summed E-state index contributed by atoms with van der Waals surface area (Å²) in [6.07, 6.45) is 5.07. The first-order valence-corrected chi connectivity index (χ1v) is 7.65. The maximum absolute atomic E-state index is 5.92. The van der Waals surface area contributed by atoms with Crippen LogP contribution in [0.2, 0.25) is 0 Å². The van der Waals surface area contributed by atoms with Gasteiger partial charge in [0.15, 0.2) is 0 Å². The summed E-state index contributed by atoms with van der Waals surface area (Å²) in [7, 11) is 2.07. The zero-order chi connectivity index (χ0) is 13.7. The number of hydrogen-bond acceptors (Lipinski definition) is 2. The number of rotatable bonds is 6. The molecule has 0 heterocycles. The zero-order valence-corrected chi connectivity index (χ0v) is 12.5. The van der Waals surface area contributed by atoms with E-state index in [0.717, 1.165) is 30.6 Å². The molecule has 0 aliphatic heterocycles. The lowest BCUT2D eigenvalue weighted by Crippen LogP contribution is -2.24. The molecule has 1 aliphatic rings. The highest BCUT2D eigenvalue weighted by atomic mass is 16.5. The van der Waals surface area contributed by atoms with Gasteiger partial charge < -0.3 is 10.1 Å². The number of hydrogen-bond donors (Lipinski definition) is 1. The van der Waals surface area contributed by atoms with E-state index in [-0.39, 0.29) is 0 Å². The summed E-state index contributed by atoms with van der Waals surface area (Å²) in [5, 5.41) is 3.52. The molecule has 106 valence electrons. The van der Waals surface area contributed by atoms with Gasteiger partial charge in [-0.2, -0.15) is 0 Å². The molecule has 2 heteroatoms. The van der Waals surface area contributed by atoms with Crippen molar-refractivity contribution in [3.05, 3.63) is 29.8 Å². The largest absolute Gasteiger partial charge is 0.493 e. The van der Waals surface area contributed by atoms with Gasteiger partial charge in [-0.05, 0) is 44.2 Å². The lowest BCUT2D eigenvalue weighted by Gasteiger charge is -2.25. The Balaban J connectivity index is 2.17. The molecule has 0 radical (unpaired) electrons. The van der Waals surface area contributed by atoms with Gasteiger partial charge in [-0.3, -0.25) is 0 Å². The van der Waals surface area contributed by atoms with E-state index >= 15 is 0 Å². The molecule has 0 amide bonds. The van der Waals surface area contributed by atoms with Crippen molar-refractivity contribution in [3.63, 3.8) is 0 Å². The van der Waals surface area contributed by atoms with Crippen LogP contribution in [0.1, 0.15) is 51.1 Å². The van der Waals surface area contributed by atoms with Gasteiger partial charge in [0, 0.05) is 11.6 Å². The summed E-state index contributed by atoms with van der Waals surface area (Å²) < 4.78 is 5.92. The predicted octanol–water partition coefficient (Wildman–Crippen LogP) is 4.17. The first kappa shape index (κ1) is 14.4. The van der Waals surface area contributed by atoms with Crippen LogP contribution in [0.15, 0.2) is 24.3 Å². The number of ether oxygens (including phenoxy) is 1. The van der Waals surface area contributed by atoms with Crippen LogP contribution in [0.5, 0.6) is 5.75 Å². The smallest absolute Gasteiger partial charge is 0.124 e. The summed E-state index contributed by atoms with van der Waals surface area (Å²) in [6.45, 7) is 5.32. The Bertz CT molecular complexity index is 391. The maximum Gasteiger partial charge on any atom is 0.124 e. The molecular weight excluding hydrogens is 234 g/mol. The third-order valence-electron chi connectivity index (χ3n) is 4.23. The Morgan fingerprint density at radius 1 is 1.32 bits per heavy atom. The normalized spacial score (nSPS) is 24.4. The van der Waals surface area contributed by atoms with E-state index in [4.69, 9.17) is 4.74 Å². The molecule has 1 aromatic carbocycles. The van der Waals surface area contributed by atoms with Crippen molar-refractivity contribution >= 4 is 0 Å². The van der Waals surface area contributed by atoms with Gasteiger partial charge in [0.05, 0.1) is 6.61 Å². The van der Waals surface area contributed by atoms with Crippen LogP contribution in [0.3, 0.4) is 0 Å². The number of para-hydroxylation sites is 1. The van der Waals surface area contributed by atoms with E-state index in [9.17, 15) is 0 Å². The second kappa shape index (κ2) is 6.95. The summed E-state index contributed by atoms with van der Waals surface area (Å²) >= 11 is 0. The van der Waals surface area contributed by atoms with Crippen LogP contribution in [0.4, 0.5) is 0 Å². The van der Waals surface area contributed by atoms with Gasteiger partial charge in [-0.1, -0.05) is 38.5 Å². The molecule has 1 aliphatic carbocycles. The minimum Gasteiger partial charge on any atom is -0.493 e. The summed E-state index contributed by atoms with van der Waals surface area (Å²) in [6, 6.07) is 8.94. The van der Waals surface area contributed by atoms with Crippen LogP contribution in [-0.2, 0) is 0 Å². The molecule has 1 aromatic rings. The number of nitrogens with one attached hydrogen (secondary N) is 1. The first-order chi connectivity index (χ1) is 9.26. The van der Waals surface area contributed by atoms with Crippen molar-refractivity contribution in [1.82, 2.24) is 5.32 Å². The molecule has 0 bridgehead atoms. The van der Waals surface area contributed by atoms with Crippen LogP contribution in [0, 0.1) is 11.8 Å². The van der Waals surface area contributed by atoms with Gasteiger partial charge in [-0.15, -0.1) is 0 Å². The Hall–Kier alpha value is -1.02.